The Morgan fingerprint density at radius 3 is 2.71 bits per heavy atom. The Morgan fingerprint density at radius 1 is 1.47 bits per heavy atom. The molecule has 0 aromatic heterocycles. The van der Waals surface area contributed by atoms with Gasteiger partial charge in [-0.15, -0.1) is 0 Å². The summed E-state index contributed by atoms with van der Waals surface area (Å²) in [5.41, 5.74) is 0.457. The predicted molar refractivity (Wildman–Crippen MR) is 60.5 cm³/mol. The van der Waals surface area contributed by atoms with Crippen molar-refractivity contribution in [3.63, 3.8) is 0 Å². The molecule has 1 aromatic rings. The Balaban J connectivity index is 3.22. The molecule has 0 amide bonds. The molecular formula is C12H14FNO3. The highest BCUT2D eigenvalue weighted by atomic mass is 19.1. The first kappa shape index (κ1) is 13.2. The van der Waals surface area contributed by atoms with Crippen molar-refractivity contribution in [1.29, 1.82) is 0 Å². The summed E-state index contributed by atoms with van der Waals surface area (Å²) in [4.78, 5) is 13.5. The summed E-state index contributed by atoms with van der Waals surface area (Å²) in [7, 11) is 1.43. The molecule has 0 bridgehead atoms. The van der Waals surface area contributed by atoms with E-state index in [1.54, 1.807) is 0 Å². The molecule has 0 aliphatic heterocycles. The maximum absolute atomic E-state index is 13.3. The molecule has 0 aliphatic carbocycles. The zero-order valence-corrected chi connectivity index (χ0v) is 9.99. The van der Waals surface area contributed by atoms with Crippen LogP contribution < -0.4 is 9.47 Å². The predicted octanol–water partition coefficient (Wildman–Crippen LogP) is 2.46. The van der Waals surface area contributed by atoms with Crippen LogP contribution in [0.15, 0.2) is 17.1 Å². The van der Waals surface area contributed by atoms with Crippen LogP contribution in [-0.2, 0) is 11.3 Å². The lowest BCUT2D eigenvalue weighted by Crippen LogP contribution is -2.09. The second-order valence-corrected chi connectivity index (χ2v) is 3.67. The summed E-state index contributed by atoms with van der Waals surface area (Å²) in [6, 6.07) is 2.49. The number of benzene rings is 1. The van der Waals surface area contributed by atoms with Gasteiger partial charge in [0.25, 0.3) is 0 Å². The number of carbonyl (C=O) groups excluding carboxylic acids is 1. The van der Waals surface area contributed by atoms with Crippen molar-refractivity contribution in [3.05, 3.63) is 23.5 Å². The molecule has 0 atom stereocenters. The number of nitrogens with zero attached hydrogens (tertiary/aromatic N) is 1. The molecule has 0 spiro atoms. The Bertz CT molecular complexity index is 440. The van der Waals surface area contributed by atoms with Crippen molar-refractivity contribution in [2.24, 2.45) is 4.99 Å². The van der Waals surface area contributed by atoms with E-state index in [9.17, 15) is 9.18 Å². The van der Waals surface area contributed by atoms with Crippen LogP contribution in [0.25, 0.3) is 0 Å². The molecule has 0 unspecified atom stereocenters. The standard InChI is InChI=1S/C12H14FNO3/c1-8(2)17-12-9(6-14-7-15)4-10(13)5-11(12)16-3/h4-5,8H,6H2,1-3H3. The Labute approximate surface area is 99.1 Å². The SMILES string of the molecule is COc1cc(F)cc(CN=C=O)c1OC(C)C. The van der Waals surface area contributed by atoms with Gasteiger partial charge in [0.2, 0.25) is 6.08 Å². The van der Waals surface area contributed by atoms with Crippen molar-refractivity contribution in [1.82, 2.24) is 0 Å². The van der Waals surface area contributed by atoms with Crippen LogP contribution in [0.5, 0.6) is 11.5 Å². The first-order valence-electron chi connectivity index (χ1n) is 5.15. The fraction of sp³-hybridized carbons (Fsp3) is 0.417. The van der Waals surface area contributed by atoms with E-state index in [4.69, 9.17) is 9.47 Å². The van der Waals surface area contributed by atoms with Crippen molar-refractivity contribution in [2.75, 3.05) is 7.11 Å². The third-order valence-corrected chi connectivity index (χ3v) is 1.98. The maximum Gasteiger partial charge on any atom is 0.235 e. The molecule has 0 saturated heterocycles. The Hall–Kier alpha value is -1.87. The molecule has 0 fully saturated rings. The van der Waals surface area contributed by atoms with E-state index in [-0.39, 0.29) is 18.4 Å². The maximum atomic E-state index is 13.3. The molecule has 5 heteroatoms. The molecule has 1 aromatic carbocycles. The van der Waals surface area contributed by atoms with Crippen LogP contribution in [0.3, 0.4) is 0 Å². The minimum Gasteiger partial charge on any atom is -0.493 e. The third kappa shape index (κ3) is 3.57. The number of hydrogen-bond acceptors (Lipinski definition) is 4. The average molecular weight is 239 g/mol. The highest BCUT2D eigenvalue weighted by molar-refractivity contribution is 5.48. The number of ether oxygens (including phenoxy) is 2. The number of aliphatic imine (C=N–C) groups is 1. The van der Waals surface area contributed by atoms with Gasteiger partial charge in [-0.3, -0.25) is 0 Å². The van der Waals surface area contributed by atoms with Crippen molar-refractivity contribution >= 4 is 6.08 Å². The zero-order valence-electron chi connectivity index (χ0n) is 9.99. The number of hydrogen-bond donors (Lipinski definition) is 0. The minimum atomic E-state index is -0.464. The summed E-state index contributed by atoms with van der Waals surface area (Å²) in [6.45, 7) is 3.70. The molecule has 0 radical (unpaired) electrons. The van der Waals surface area contributed by atoms with Crippen LogP contribution in [0.2, 0.25) is 0 Å². The summed E-state index contributed by atoms with van der Waals surface area (Å²) in [5, 5.41) is 0. The molecular weight excluding hydrogens is 225 g/mol. The quantitative estimate of drug-likeness (QED) is 0.585. The molecule has 92 valence electrons. The number of methoxy groups -OCH3 is 1. The second-order valence-electron chi connectivity index (χ2n) is 3.67. The number of rotatable bonds is 5. The fourth-order valence-electron chi connectivity index (χ4n) is 1.38. The van der Waals surface area contributed by atoms with Gasteiger partial charge in [-0.25, -0.2) is 14.2 Å². The smallest absolute Gasteiger partial charge is 0.235 e. The Morgan fingerprint density at radius 2 is 2.18 bits per heavy atom. The largest absolute Gasteiger partial charge is 0.493 e. The van der Waals surface area contributed by atoms with E-state index in [0.29, 0.717) is 11.3 Å². The van der Waals surface area contributed by atoms with Crippen LogP contribution in [0, 0.1) is 5.82 Å². The van der Waals surface area contributed by atoms with Crippen LogP contribution in [0.4, 0.5) is 4.39 Å². The minimum absolute atomic E-state index is 0.0136. The molecule has 17 heavy (non-hydrogen) atoms. The topological polar surface area (TPSA) is 47.9 Å². The van der Waals surface area contributed by atoms with E-state index in [2.05, 4.69) is 4.99 Å². The number of halogens is 1. The van der Waals surface area contributed by atoms with Gasteiger partial charge in [0.1, 0.15) is 5.82 Å². The van der Waals surface area contributed by atoms with Gasteiger partial charge in [-0.2, -0.15) is 0 Å². The lowest BCUT2D eigenvalue weighted by molar-refractivity contribution is 0.227. The summed E-state index contributed by atoms with van der Waals surface area (Å²) < 4.78 is 23.9. The molecule has 0 saturated carbocycles. The average Bonchev–Trinajstić information content (AvgIpc) is 2.28. The lowest BCUT2D eigenvalue weighted by Gasteiger charge is -2.16. The van der Waals surface area contributed by atoms with E-state index in [0.717, 1.165) is 0 Å². The summed E-state index contributed by atoms with van der Waals surface area (Å²) >= 11 is 0. The van der Waals surface area contributed by atoms with Gasteiger partial charge in [0.05, 0.1) is 19.8 Å². The second kappa shape index (κ2) is 6.01. The van der Waals surface area contributed by atoms with Gasteiger partial charge < -0.3 is 9.47 Å². The molecule has 0 aliphatic rings. The molecule has 0 heterocycles. The fourth-order valence-corrected chi connectivity index (χ4v) is 1.38. The van der Waals surface area contributed by atoms with E-state index >= 15 is 0 Å². The number of isocyanates is 1. The van der Waals surface area contributed by atoms with Crippen LogP contribution in [-0.4, -0.2) is 19.3 Å². The lowest BCUT2D eigenvalue weighted by atomic mass is 10.1. The van der Waals surface area contributed by atoms with E-state index in [1.165, 1.54) is 25.3 Å². The first-order valence-corrected chi connectivity index (χ1v) is 5.15. The molecule has 0 N–H and O–H groups in total. The third-order valence-electron chi connectivity index (χ3n) is 1.98. The van der Waals surface area contributed by atoms with Gasteiger partial charge in [-0.1, -0.05) is 0 Å². The Kier molecular flexibility index (Phi) is 4.67. The highest BCUT2D eigenvalue weighted by Crippen LogP contribution is 2.33. The van der Waals surface area contributed by atoms with Crippen molar-refractivity contribution < 1.29 is 18.7 Å². The van der Waals surface area contributed by atoms with Crippen molar-refractivity contribution in [3.8, 4) is 11.5 Å². The summed E-state index contributed by atoms with van der Waals surface area (Å²) in [5.74, 6) is 0.228. The van der Waals surface area contributed by atoms with Gasteiger partial charge in [0, 0.05) is 11.6 Å². The highest BCUT2D eigenvalue weighted by Gasteiger charge is 2.14. The van der Waals surface area contributed by atoms with Gasteiger partial charge >= 0.3 is 0 Å². The van der Waals surface area contributed by atoms with Crippen LogP contribution in [0.1, 0.15) is 19.4 Å². The van der Waals surface area contributed by atoms with Crippen LogP contribution >= 0.6 is 0 Å². The molecule has 4 nitrogen and oxygen atoms in total. The normalized spacial score (nSPS) is 9.94. The molecule has 1 rings (SSSR count). The van der Waals surface area contributed by atoms with E-state index in [1.807, 2.05) is 13.8 Å². The first-order chi connectivity index (χ1) is 8.08. The van der Waals surface area contributed by atoms with Crippen molar-refractivity contribution in [2.45, 2.75) is 26.5 Å². The van der Waals surface area contributed by atoms with Gasteiger partial charge in [-0.05, 0) is 19.9 Å². The monoisotopic (exact) mass is 239 g/mol. The van der Waals surface area contributed by atoms with E-state index < -0.39 is 5.82 Å². The summed E-state index contributed by atoms with van der Waals surface area (Å²) in [6.07, 6.45) is 1.32. The zero-order chi connectivity index (χ0) is 12.8. The van der Waals surface area contributed by atoms with Gasteiger partial charge in [0.15, 0.2) is 11.5 Å².